The lowest BCUT2D eigenvalue weighted by atomic mass is 9.66. The molecule has 10 heteroatoms. The number of nitrogens with one attached hydrogen (secondary N) is 1. The van der Waals surface area contributed by atoms with Crippen molar-refractivity contribution < 1.29 is 23.7 Å². The molecule has 1 spiro atoms. The maximum atomic E-state index is 13.9. The Labute approximate surface area is 181 Å². The summed E-state index contributed by atoms with van der Waals surface area (Å²) in [5.41, 5.74) is -0.353. The molecule has 0 saturated carbocycles. The van der Waals surface area contributed by atoms with Crippen LogP contribution in [0.4, 0.5) is 26.2 Å². The molecule has 4 amide bonds. The summed E-state index contributed by atoms with van der Waals surface area (Å²) in [5.74, 6) is -1.94. The van der Waals surface area contributed by atoms with E-state index in [0.717, 1.165) is 35.6 Å². The largest absolute Gasteiger partial charge is 0.367 e. The van der Waals surface area contributed by atoms with Crippen molar-refractivity contribution in [2.75, 3.05) is 16.3 Å². The second kappa shape index (κ2) is 7.11. The van der Waals surface area contributed by atoms with Crippen LogP contribution in [0, 0.1) is 21.3 Å². The molecule has 2 aromatic carbocycles. The number of carbonyl (C=O) groups excluding carboxylic acids is 3. The number of nitro groups is 1. The molecule has 0 radical (unpaired) electrons. The van der Waals surface area contributed by atoms with Crippen LogP contribution in [-0.2, 0) is 16.0 Å². The Hall–Kier alpha value is -3.82. The SMILES string of the molecule is O=C1NC(=O)[C@]2(Cc3cc([N+](=O)[O-])ccc3N3CCCC[C@@H]32)C(=O)N1c1ccc(F)cc1. The van der Waals surface area contributed by atoms with Gasteiger partial charge in [-0.1, -0.05) is 0 Å². The number of hydrogen-bond acceptors (Lipinski definition) is 6. The molecule has 5 rings (SSSR count). The van der Waals surface area contributed by atoms with Crippen LogP contribution in [-0.4, -0.2) is 35.4 Å². The minimum atomic E-state index is -1.63. The van der Waals surface area contributed by atoms with Crippen LogP contribution < -0.4 is 15.1 Å². The van der Waals surface area contributed by atoms with Gasteiger partial charge in [0.15, 0.2) is 5.41 Å². The highest BCUT2D eigenvalue weighted by molar-refractivity contribution is 6.30. The number of amides is 4. The number of piperidine rings is 1. The zero-order valence-electron chi connectivity index (χ0n) is 16.9. The standard InChI is InChI=1S/C22H19FN4O5/c23-14-4-6-15(7-5-14)26-20(29)22(19(28)24-21(26)30)12-13-11-16(27(31)32)8-9-17(13)25-10-2-1-3-18(22)25/h4-9,11,18H,1-3,10,12H2,(H,24,28,30)/t18-,22-/m1/s1. The molecule has 164 valence electrons. The van der Waals surface area contributed by atoms with Crippen LogP contribution >= 0.6 is 0 Å². The highest BCUT2D eigenvalue weighted by Crippen LogP contribution is 2.48. The molecule has 2 fully saturated rings. The van der Waals surface area contributed by atoms with Gasteiger partial charge in [0.1, 0.15) is 5.82 Å². The van der Waals surface area contributed by atoms with Crippen LogP contribution in [0.25, 0.3) is 0 Å². The molecule has 0 aromatic heterocycles. The normalized spacial score (nSPS) is 24.8. The van der Waals surface area contributed by atoms with Gasteiger partial charge in [0.25, 0.3) is 11.6 Å². The fourth-order valence-corrected chi connectivity index (χ4v) is 5.19. The van der Waals surface area contributed by atoms with Crippen LogP contribution in [0.2, 0.25) is 0 Å². The van der Waals surface area contributed by atoms with E-state index < -0.39 is 40.0 Å². The van der Waals surface area contributed by atoms with E-state index in [-0.39, 0.29) is 17.8 Å². The average Bonchev–Trinajstić information content (AvgIpc) is 2.78. The molecule has 1 N–H and O–H groups in total. The summed E-state index contributed by atoms with van der Waals surface area (Å²) in [7, 11) is 0. The van der Waals surface area contributed by atoms with Crippen molar-refractivity contribution >= 4 is 34.9 Å². The van der Waals surface area contributed by atoms with Gasteiger partial charge >= 0.3 is 6.03 Å². The number of halogens is 1. The summed E-state index contributed by atoms with van der Waals surface area (Å²) in [6, 6.07) is 7.93. The Balaban J connectivity index is 1.66. The van der Waals surface area contributed by atoms with E-state index in [1.165, 1.54) is 24.3 Å². The Morgan fingerprint density at radius 1 is 1.09 bits per heavy atom. The Kier molecular flexibility index (Phi) is 4.47. The van der Waals surface area contributed by atoms with Crippen molar-refractivity contribution in [3.05, 3.63) is 64.0 Å². The van der Waals surface area contributed by atoms with E-state index in [0.29, 0.717) is 18.5 Å². The number of benzene rings is 2. The fraction of sp³-hybridized carbons (Fsp3) is 0.318. The third-order valence-corrected chi connectivity index (χ3v) is 6.62. The van der Waals surface area contributed by atoms with Crippen molar-refractivity contribution in [2.45, 2.75) is 31.7 Å². The maximum Gasteiger partial charge on any atom is 0.335 e. The molecule has 3 aliphatic rings. The summed E-state index contributed by atoms with van der Waals surface area (Å²) in [5, 5.41) is 13.6. The average molecular weight is 438 g/mol. The molecule has 0 bridgehead atoms. The lowest BCUT2D eigenvalue weighted by Gasteiger charge is -2.53. The number of non-ortho nitro benzene ring substituents is 1. The van der Waals surface area contributed by atoms with Gasteiger partial charge in [-0.2, -0.15) is 0 Å². The van der Waals surface area contributed by atoms with E-state index in [1.54, 1.807) is 6.07 Å². The van der Waals surface area contributed by atoms with Gasteiger partial charge in [-0.05, 0) is 55.2 Å². The van der Waals surface area contributed by atoms with Crippen molar-refractivity contribution in [3.8, 4) is 0 Å². The Morgan fingerprint density at radius 2 is 1.84 bits per heavy atom. The van der Waals surface area contributed by atoms with Crippen molar-refractivity contribution in [1.29, 1.82) is 0 Å². The minimum absolute atomic E-state index is 0.0686. The first-order valence-corrected chi connectivity index (χ1v) is 10.3. The Bertz CT molecular complexity index is 1170. The summed E-state index contributed by atoms with van der Waals surface area (Å²) >= 11 is 0. The number of rotatable bonds is 2. The minimum Gasteiger partial charge on any atom is -0.367 e. The molecular formula is C22H19FN4O5. The first kappa shape index (κ1) is 20.1. The smallest absolute Gasteiger partial charge is 0.335 e. The van der Waals surface area contributed by atoms with Crippen LogP contribution in [0.15, 0.2) is 42.5 Å². The molecule has 3 aliphatic heterocycles. The quantitative estimate of drug-likeness (QED) is 0.438. The second-order valence-corrected chi connectivity index (χ2v) is 8.30. The monoisotopic (exact) mass is 438 g/mol. The third-order valence-electron chi connectivity index (χ3n) is 6.62. The number of nitro benzene ring substituents is 1. The van der Waals surface area contributed by atoms with Crippen molar-refractivity contribution in [2.24, 2.45) is 5.41 Å². The summed E-state index contributed by atoms with van der Waals surface area (Å²) in [6.45, 7) is 0.586. The molecule has 32 heavy (non-hydrogen) atoms. The van der Waals surface area contributed by atoms with Gasteiger partial charge in [-0.3, -0.25) is 25.0 Å². The Morgan fingerprint density at radius 3 is 2.56 bits per heavy atom. The molecule has 9 nitrogen and oxygen atoms in total. The van der Waals surface area contributed by atoms with E-state index in [4.69, 9.17) is 0 Å². The van der Waals surface area contributed by atoms with Crippen LogP contribution in [0.3, 0.4) is 0 Å². The van der Waals surface area contributed by atoms with Gasteiger partial charge in [0, 0.05) is 30.8 Å². The number of barbiturate groups is 1. The molecule has 2 atom stereocenters. The molecular weight excluding hydrogens is 419 g/mol. The number of hydrogen-bond donors (Lipinski definition) is 1. The summed E-state index contributed by atoms with van der Waals surface area (Å²) < 4.78 is 13.4. The molecule has 2 saturated heterocycles. The molecule has 2 aromatic rings. The van der Waals surface area contributed by atoms with E-state index >= 15 is 0 Å². The second-order valence-electron chi connectivity index (χ2n) is 8.30. The van der Waals surface area contributed by atoms with Gasteiger partial charge in [-0.25, -0.2) is 14.1 Å². The number of nitrogens with zero attached hydrogens (tertiary/aromatic N) is 3. The predicted octanol–water partition coefficient (Wildman–Crippen LogP) is 2.92. The van der Waals surface area contributed by atoms with Crippen LogP contribution in [0.5, 0.6) is 0 Å². The lowest BCUT2D eigenvalue weighted by Crippen LogP contribution is -2.72. The maximum absolute atomic E-state index is 13.9. The number of fused-ring (bicyclic) bond motifs is 4. The first-order chi connectivity index (χ1) is 15.3. The van der Waals surface area contributed by atoms with Crippen molar-refractivity contribution in [3.63, 3.8) is 0 Å². The zero-order valence-corrected chi connectivity index (χ0v) is 16.9. The van der Waals surface area contributed by atoms with E-state index in [2.05, 4.69) is 5.32 Å². The fourth-order valence-electron chi connectivity index (χ4n) is 5.19. The van der Waals surface area contributed by atoms with Gasteiger partial charge < -0.3 is 4.90 Å². The molecule has 3 heterocycles. The highest BCUT2D eigenvalue weighted by atomic mass is 19.1. The molecule has 0 aliphatic carbocycles. The first-order valence-electron chi connectivity index (χ1n) is 10.3. The number of imide groups is 2. The zero-order chi connectivity index (χ0) is 22.6. The van der Waals surface area contributed by atoms with Crippen LogP contribution in [0.1, 0.15) is 24.8 Å². The summed E-state index contributed by atoms with van der Waals surface area (Å²) in [4.78, 5) is 53.5. The lowest BCUT2D eigenvalue weighted by molar-refractivity contribution is -0.384. The van der Waals surface area contributed by atoms with E-state index in [9.17, 15) is 28.9 Å². The van der Waals surface area contributed by atoms with Gasteiger partial charge in [-0.15, -0.1) is 0 Å². The number of urea groups is 1. The topological polar surface area (TPSA) is 113 Å². The predicted molar refractivity (Wildman–Crippen MR) is 112 cm³/mol. The van der Waals surface area contributed by atoms with Crippen molar-refractivity contribution in [1.82, 2.24) is 5.32 Å². The highest BCUT2D eigenvalue weighted by Gasteiger charge is 2.62. The third kappa shape index (κ3) is 2.79. The van der Waals surface area contributed by atoms with Gasteiger partial charge in [0.2, 0.25) is 5.91 Å². The number of anilines is 2. The molecule has 0 unspecified atom stereocenters. The summed E-state index contributed by atoms with van der Waals surface area (Å²) in [6.07, 6.45) is 2.14. The number of carbonyl (C=O) groups is 3. The van der Waals surface area contributed by atoms with E-state index in [1.807, 2.05) is 4.90 Å². The van der Waals surface area contributed by atoms with Gasteiger partial charge in [0.05, 0.1) is 16.7 Å².